The summed E-state index contributed by atoms with van der Waals surface area (Å²) in [6, 6.07) is 8.59. The van der Waals surface area contributed by atoms with Crippen molar-refractivity contribution in [1.29, 1.82) is 0 Å². The molecule has 2 unspecified atom stereocenters. The van der Waals surface area contributed by atoms with E-state index in [4.69, 9.17) is 0 Å². The Morgan fingerprint density at radius 2 is 1.70 bits per heavy atom. The molecule has 2 aromatic carbocycles. The second-order valence-corrected chi connectivity index (χ2v) is 14.6. The zero-order valence-corrected chi connectivity index (χ0v) is 24.8. The number of carbonyl (C=O) groups excluding carboxylic acids is 2. The van der Waals surface area contributed by atoms with Gasteiger partial charge in [-0.15, -0.1) is 0 Å². The minimum absolute atomic E-state index is 0.0694. The van der Waals surface area contributed by atoms with Gasteiger partial charge in [0.05, 0.1) is 11.5 Å². The van der Waals surface area contributed by atoms with Crippen LogP contribution < -0.4 is 5.32 Å². The molecule has 2 amide bonds. The third kappa shape index (κ3) is 5.91. The number of aryl methyl sites for hydroxylation is 1. The first-order valence-electron chi connectivity index (χ1n) is 14.5. The van der Waals surface area contributed by atoms with Crippen molar-refractivity contribution in [3.63, 3.8) is 0 Å². The Kier molecular flexibility index (Phi) is 8.15. The number of rotatable bonds is 6. The minimum atomic E-state index is -5.10. The van der Waals surface area contributed by atoms with Gasteiger partial charge in [-0.05, 0) is 85.8 Å². The molecule has 2 fully saturated rings. The smallest absolute Gasteiger partial charge is 0.344 e. The van der Waals surface area contributed by atoms with Gasteiger partial charge in [0, 0.05) is 24.9 Å². The van der Waals surface area contributed by atoms with Crippen LogP contribution in [-0.4, -0.2) is 61.4 Å². The number of hydrogen-bond donors (Lipinski definition) is 1. The van der Waals surface area contributed by atoms with Crippen molar-refractivity contribution in [2.75, 3.05) is 18.1 Å². The first-order chi connectivity index (χ1) is 20.0. The van der Waals surface area contributed by atoms with E-state index in [1.807, 2.05) is 0 Å². The number of nitrogens with zero attached hydrogens (tertiary/aromatic N) is 1. The first kappa shape index (κ1) is 31.4. The number of carbonyl (C=O) groups is 2. The SMILES string of the molecule is CC(=O)NC(C(=O)N1CC[C@@]2(Cc3ccc(F)cc3)c3ccc(C(C)(F)C(F)(F)F)cc3CC[C@@H]12)C1CCS(=O)(=O)CC1. The van der Waals surface area contributed by atoms with Crippen LogP contribution in [0.3, 0.4) is 0 Å². The summed E-state index contributed by atoms with van der Waals surface area (Å²) in [6.07, 6.45) is -3.10. The van der Waals surface area contributed by atoms with E-state index in [0.717, 1.165) is 17.2 Å². The summed E-state index contributed by atoms with van der Waals surface area (Å²) in [4.78, 5) is 28.1. The number of alkyl halides is 4. The molecule has 5 rings (SSSR count). The van der Waals surface area contributed by atoms with E-state index in [-0.39, 0.29) is 36.2 Å². The van der Waals surface area contributed by atoms with Crippen molar-refractivity contribution in [3.05, 3.63) is 70.5 Å². The number of sulfone groups is 1. The normalized spacial score (nSPS) is 25.7. The topological polar surface area (TPSA) is 83.6 Å². The molecule has 1 aliphatic carbocycles. The second-order valence-electron chi connectivity index (χ2n) is 12.3. The molecule has 234 valence electrons. The summed E-state index contributed by atoms with van der Waals surface area (Å²) in [5.41, 5.74) is -2.70. The standard InChI is InChI=1S/C31H35F5N2O4S/c1-19(39)37-27(21-11-15-43(41,42)16-12-21)28(40)38-14-13-30(18-20-3-7-24(32)8-4-20)25-9-6-23(29(2,33)31(34,35)36)17-22(25)5-10-26(30)38/h3-4,6-9,17,21,26-27H,5,10-16,18H2,1-2H3,(H,37,39)/t26-,27?,29?,30-/m1/s1. The number of benzene rings is 2. The Labute approximate surface area is 247 Å². The van der Waals surface area contributed by atoms with Crippen LogP contribution in [0, 0.1) is 11.7 Å². The van der Waals surface area contributed by atoms with E-state index in [9.17, 15) is 40.0 Å². The maximum absolute atomic E-state index is 14.9. The molecule has 12 heteroatoms. The van der Waals surface area contributed by atoms with Crippen LogP contribution in [0.25, 0.3) is 0 Å². The van der Waals surface area contributed by atoms with Gasteiger partial charge < -0.3 is 10.2 Å². The Morgan fingerprint density at radius 1 is 1.05 bits per heavy atom. The van der Waals surface area contributed by atoms with Gasteiger partial charge >= 0.3 is 6.18 Å². The lowest BCUT2D eigenvalue weighted by molar-refractivity contribution is -0.228. The summed E-state index contributed by atoms with van der Waals surface area (Å²) in [5.74, 6) is -1.66. The molecular formula is C31H35F5N2O4S. The number of nitrogens with one attached hydrogen (secondary N) is 1. The van der Waals surface area contributed by atoms with Gasteiger partial charge in [-0.3, -0.25) is 9.59 Å². The van der Waals surface area contributed by atoms with Gasteiger partial charge in [-0.1, -0.05) is 30.3 Å². The second kappa shape index (κ2) is 11.2. The molecule has 0 bridgehead atoms. The molecule has 0 spiro atoms. The van der Waals surface area contributed by atoms with E-state index in [2.05, 4.69) is 5.32 Å². The lowest BCUT2D eigenvalue weighted by Crippen LogP contribution is -2.57. The average molecular weight is 627 g/mol. The van der Waals surface area contributed by atoms with E-state index >= 15 is 0 Å². The third-order valence-corrected chi connectivity index (χ3v) is 11.3. The molecule has 43 heavy (non-hydrogen) atoms. The number of halogens is 5. The van der Waals surface area contributed by atoms with Crippen LogP contribution in [-0.2, 0) is 43.4 Å². The number of likely N-dealkylation sites (tertiary alicyclic amines) is 1. The number of fused-ring (bicyclic) bond motifs is 3. The van der Waals surface area contributed by atoms with Gasteiger partial charge in [-0.25, -0.2) is 17.2 Å². The maximum atomic E-state index is 14.9. The van der Waals surface area contributed by atoms with E-state index < -0.39 is 56.5 Å². The molecule has 6 nitrogen and oxygen atoms in total. The van der Waals surface area contributed by atoms with Crippen LogP contribution in [0.5, 0.6) is 0 Å². The summed E-state index contributed by atoms with van der Waals surface area (Å²) in [5, 5.41) is 2.76. The predicted octanol–water partition coefficient (Wildman–Crippen LogP) is 4.93. The molecule has 3 aliphatic rings. The van der Waals surface area contributed by atoms with Crippen LogP contribution in [0.2, 0.25) is 0 Å². The maximum Gasteiger partial charge on any atom is 0.426 e. The lowest BCUT2D eigenvalue weighted by Gasteiger charge is -2.45. The predicted molar refractivity (Wildman–Crippen MR) is 150 cm³/mol. The molecule has 2 aliphatic heterocycles. The molecular weight excluding hydrogens is 591 g/mol. The Morgan fingerprint density at radius 3 is 2.30 bits per heavy atom. The first-order valence-corrected chi connectivity index (χ1v) is 16.3. The van der Waals surface area contributed by atoms with E-state index in [0.29, 0.717) is 44.7 Å². The van der Waals surface area contributed by atoms with Crippen LogP contribution >= 0.6 is 0 Å². The van der Waals surface area contributed by atoms with Gasteiger partial charge in [0.1, 0.15) is 21.7 Å². The Hall–Kier alpha value is -3.02. The monoisotopic (exact) mass is 626 g/mol. The highest BCUT2D eigenvalue weighted by Gasteiger charge is 2.56. The molecule has 0 saturated carbocycles. The van der Waals surface area contributed by atoms with Gasteiger partial charge in [-0.2, -0.15) is 13.2 Å². The molecule has 0 radical (unpaired) electrons. The lowest BCUT2D eigenvalue weighted by atomic mass is 9.63. The summed E-state index contributed by atoms with van der Waals surface area (Å²) in [6.45, 7) is 2.11. The van der Waals surface area contributed by atoms with Gasteiger partial charge in [0.25, 0.3) is 0 Å². The van der Waals surface area contributed by atoms with Crippen molar-refractivity contribution in [2.45, 2.75) is 81.7 Å². The van der Waals surface area contributed by atoms with Crippen molar-refractivity contribution < 1.29 is 40.0 Å². The highest BCUT2D eigenvalue weighted by atomic mass is 32.2. The zero-order chi connectivity index (χ0) is 31.4. The zero-order valence-electron chi connectivity index (χ0n) is 24.0. The fourth-order valence-electron chi connectivity index (χ4n) is 7.27. The van der Waals surface area contributed by atoms with Crippen LogP contribution in [0.1, 0.15) is 61.8 Å². The van der Waals surface area contributed by atoms with Gasteiger partial charge in [0.2, 0.25) is 17.5 Å². The molecule has 2 saturated heterocycles. The fraction of sp³-hybridized carbons (Fsp3) is 0.548. The number of hydrogen-bond acceptors (Lipinski definition) is 4. The highest BCUT2D eigenvalue weighted by Crippen LogP contribution is 2.51. The van der Waals surface area contributed by atoms with Crippen molar-refractivity contribution in [2.24, 2.45) is 5.92 Å². The van der Waals surface area contributed by atoms with Crippen LogP contribution in [0.4, 0.5) is 22.0 Å². The number of amides is 2. The molecule has 2 heterocycles. The van der Waals surface area contributed by atoms with E-state index in [1.54, 1.807) is 17.0 Å². The molecule has 1 N–H and O–H groups in total. The molecule has 4 atom stereocenters. The fourth-order valence-corrected chi connectivity index (χ4v) is 8.80. The van der Waals surface area contributed by atoms with Gasteiger partial charge in [0.15, 0.2) is 0 Å². The van der Waals surface area contributed by atoms with Crippen molar-refractivity contribution in [3.8, 4) is 0 Å². The summed E-state index contributed by atoms with van der Waals surface area (Å²) >= 11 is 0. The van der Waals surface area contributed by atoms with E-state index in [1.165, 1.54) is 31.2 Å². The molecule has 0 aromatic heterocycles. The highest BCUT2D eigenvalue weighted by molar-refractivity contribution is 7.91. The summed E-state index contributed by atoms with van der Waals surface area (Å²) in [7, 11) is -3.21. The average Bonchev–Trinajstić information content (AvgIpc) is 3.31. The van der Waals surface area contributed by atoms with Crippen molar-refractivity contribution in [1.82, 2.24) is 10.2 Å². The largest absolute Gasteiger partial charge is 0.426 e. The quantitative estimate of drug-likeness (QED) is 0.461. The Bertz CT molecular complexity index is 1500. The van der Waals surface area contributed by atoms with Crippen LogP contribution in [0.15, 0.2) is 42.5 Å². The Balaban J connectivity index is 1.53. The summed E-state index contributed by atoms with van der Waals surface area (Å²) < 4.78 is 93.5. The third-order valence-electron chi connectivity index (χ3n) is 9.63. The minimum Gasteiger partial charge on any atom is -0.344 e. The molecule has 2 aromatic rings. The van der Waals surface area contributed by atoms with Crippen molar-refractivity contribution >= 4 is 21.7 Å².